The summed E-state index contributed by atoms with van der Waals surface area (Å²) in [6, 6.07) is 2.38. The van der Waals surface area contributed by atoms with Crippen LogP contribution < -0.4 is 10.6 Å². The first-order valence-corrected chi connectivity index (χ1v) is 9.68. The van der Waals surface area contributed by atoms with E-state index in [1.807, 2.05) is 25.7 Å². The molecule has 2 atom stereocenters. The fourth-order valence-corrected chi connectivity index (χ4v) is 3.39. The van der Waals surface area contributed by atoms with Crippen LogP contribution in [0.25, 0.3) is 0 Å². The van der Waals surface area contributed by atoms with Crippen molar-refractivity contribution in [3.63, 3.8) is 0 Å². The number of rotatable bonds is 7. The van der Waals surface area contributed by atoms with E-state index < -0.39 is 0 Å². The van der Waals surface area contributed by atoms with Gasteiger partial charge in [0.1, 0.15) is 0 Å². The molecule has 0 saturated heterocycles. The predicted molar refractivity (Wildman–Crippen MR) is 111 cm³/mol. The van der Waals surface area contributed by atoms with Gasteiger partial charge >= 0.3 is 0 Å². The number of nitrogens with one attached hydrogen (secondary N) is 2. The van der Waals surface area contributed by atoms with Gasteiger partial charge in [-0.3, -0.25) is 14.4 Å². The van der Waals surface area contributed by atoms with Crippen molar-refractivity contribution >= 4 is 5.96 Å². The number of aryl methyl sites for hydroxylation is 4. The smallest absolute Gasteiger partial charge is 0.191 e. The van der Waals surface area contributed by atoms with Crippen LogP contribution in [0.5, 0.6) is 0 Å². The van der Waals surface area contributed by atoms with E-state index in [2.05, 4.69) is 71.2 Å². The number of hydrogen-bond acceptors (Lipinski definition) is 3. The average molecular weight is 374 g/mol. The average Bonchev–Trinajstić information content (AvgIpc) is 3.03. The fourth-order valence-electron chi connectivity index (χ4n) is 3.39. The number of nitrogens with zero attached hydrogens (tertiary/aromatic N) is 5. The second-order valence-corrected chi connectivity index (χ2v) is 7.69. The summed E-state index contributed by atoms with van der Waals surface area (Å²) in [4.78, 5) is 4.37. The summed E-state index contributed by atoms with van der Waals surface area (Å²) in [5, 5.41) is 16.0. The number of guanidine groups is 1. The number of aliphatic imine (C=N–C) groups is 1. The Hall–Kier alpha value is -2.31. The molecule has 2 aromatic heterocycles. The largest absolute Gasteiger partial charge is 0.356 e. The Morgan fingerprint density at radius 2 is 1.89 bits per heavy atom. The van der Waals surface area contributed by atoms with Crippen LogP contribution in [0.3, 0.4) is 0 Å². The molecule has 2 N–H and O–H groups in total. The first-order chi connectivity index (χ1) is 12.7. The minimum absolute atomic E-state index is 0.268. The molecule has 7 heteroatoms. The van der Waals surface area contributed by atoms with Crippen molar-refractivity contribution < 1.29 is 0 Å². The van der Waals surface area contributed by atoms with Crippen molar-refractivity contribution in [2.45, 2.75) is 60.5 Å². The van der Waals surface area contributed by atoms with Gasteiger partial charge in [0.2, 0.25) is 0 Å². The first kappa shape index (κ1) is 21.0. The Morgan fingerprint density at radius 3 is 2.41 bits per heavy atom. The lowest BCUT2D eigenvalue weighted by Crippen LogP contribution is -2.44. The summed E-state index contributed by atoms with van der Waals surface area (Å²) >= 11 is 0. The van der Waals surface area contributed by atoms with Crippen LogP contribution in [0.15, 0.2) is 11.1 Å². The van der Waals surface area contributed by atoms with E-state index >= 15 is 0 Å². The van der Waals surface area contributed by atoms with Gasteiger partial charge in [-0.25, -0.2) is 0 Å². The van der Waals surface area contributed by atoms with E-state index in [0.29, 0.717) is 5.92 Å². The Labute approximate surface area is 163 Å². The van der Waals surface area contributed by atoms with Crippen LogP contribution in [-0.2, 0) is 20.0 Å². The molecule has 0 fully saturated rings. The Balaban J connectivity index is 1.85. The third-order valence-electron chi connectivity index (χ3n) is 4.98. The molecule has 2 aromatic rings. The SMILES string of the molecule is CN=C(NCC(C)Cn1nc(C)cc1C)NC(C)Cc1c(C)nn(C)c1C. The molecule has 7 nitrogen and oxygen atoms in total. The standard InChI is InChI=1S/C20H35N7/c1-13(12-27-16(4)9-15(3)24-27)11-22-20(21-7)23-14(2)10-19-17(5)25-26(8)18(19)6/h9,13-14H,10-12H2,1-8H3,(H2,21,22,23). The predicted octanol–water partition coefficient (Wildman–Crippen LogP) is 2.28. The molecular weight excluding hydrogens is 338 g/mol. The lowest BCUT2D eigenvalue weighted by molar-refractivity contribution is 0.435. The highest BCUT2D eigenvalue weighted by Crippen LogP contribution is 2.14. The van der Waals surface area contributed by atoms with Gasteiger partial charge < -0.3 is 10.6 Å². The molecule has 0 aliphatic carbocycles. The lowest BCUT2D eigenvalue weighted by atomic mass is 10.1. The summed E-state index contributed by atoms with van der Waals surface area (Å²) in [7, 11) is 3.81. The number of hydrogen-bond donors (Lipinski definition) is 2. The highest BCUT2D eigenvalue weighted by Gasteiger charge is 2.14. The molecule has 0 amide bonds. The van der Waals surface area contributed by atoms with Crippen LogP contribution in [0.1, 0.15) is 42.2 Å². The highest BCUT2D eigenvalue weighted by molar-refractivity contribution is 5.79. The quantitative estimate of drug-likeness (QED) is 0.577. The molecule has 0 aliphatic rings. The van der Waals surface area contributed by atoms with Crippen LogP contribution >= 0.6 is 0 Å². The van der Waals surface area contributed by atoms with E-state index in [1.165, 1.54) is 17.0 Å². The van der Waals surface area contributed by atoms with Crippen LogP contribution in [0, 0.1) is 33.6 Å². The van der Waals surface area contributed by atoms with Gasteiger partial charge in [-0.05, 0) is 58.6 Å². The zero-order valence-electron chi connectivity index (χ0n) is 18.1. The van der Waals surface area contributed by atoms with Gasteiger partial charge in [0.05, 0.1) is 11.4 Å². The molecular formula is C20H35N7. The van der Waals surface area contributed by atoms with Crippen LogP contribution in [-0.4, -0.2) is 45.2 Å². The van der Waals surface area contributed by atoms with Crippen molar-refractivity contribution in [3.05, 3.63) is 34.4 Å². The zero-order valence-corrected chi connectivity index (χ0v) is 18.1. The van der Waals surface area contributed by atoms with Gasteiger partial charge in [-0.15, -0.1) is 0 Å². The van der Waals surface area contributed by atoms with Crippen molar-refractivity contribution in [1.29, 1.82) is 0 Å². The maximum atomic E-state index is 4.55. The minimum atomic E-state index is 0.268. The molecule has 2 unspecified atom stereocenters. The summed E-state index contributed by atoms with van der Waals surface area (Å²) in [5.41, 5.74) is 5.91. The minimum Gasteiger partial charge on any atom is -0.356 e. The van der Waals surface area contributed by atoms with Crippen molar-refractivity contribution in [1.82, 2.24) is 30.2 Å². The Morgan fingerprint density at radius 1 is 1.19 bits per heavy atom. The molecule has 2 heterocycles. The third kappa shape index (κ3) is 5.58. The molecule has 27 heavy (non-hydrogen) atoms. The molecule has 0 saturated carbocycles. The second kappa shape index (κ2) is 9.06. The monoisotopic (exact) mass is 373 g/mol. The van der Waals surface area contributed by atoms with Crippen molar-refractivity contribution in [2.24, 2.45) is 18.0 Å². The number of aromatic nitrogens is 4. The van der Waals surface area contributed by atoms with Gasteiger partial charge in [0.15, 0.2) is 5.96 Å². The summed E-state index contributed by atoms with van der Waals surface area (Å²) in [5.74, 6) is 1.28. The molecule has 0 bridgehead atoms. The van der Waals surface area contributed by atoms with Crippen molar-refractivity contribution in [2.75, 3.05) is 13.6 Å². The molecule has 2 rings (SSSR count). The molecule has 0 spiro atoms. The molecule has 0 aliphatic heterocycles. The van der Waals surface area contributed by atoms with E-state index in [0.717, 1.165) is 36.9 Å². The summed E-state index contributed by atoms with van der Waals surface area (Å²) < 4.78 is 4.03. The molecule has 0 radical (unpaired) electrons. The van der Waals surface area contributed by atoms with Crippen LogP contribution in [0.4, 0.5) is 0 Å². The maximum Gasteiger partial charge on any atom is 0.191 e. The topological polar surface area (TPSA) is 72.1 Å². The summed E-state index contributed by atoms with van der Waals surface area (Å²) in [6.07, 6.45) is 0.924. The first-order valence-electron chi connectivity index (χ1n) is 9.68. The Kier molecular flexibility index (Phi) is 7.05. The molecule has 150 valence electrons. The normalized spacial score (nSPS) is 14.3. The van der Waals surface area contributed by atoms with E-state index in [4.69, 9.17) is 0 Å². The van der Waals surface area contributed by atoms with E-state index in [-0.39, 0.29) is 6.04 Å². The van der Waals surface area contributed by atoms with E-state index in [9.17, 15) is 0 Å². The summed E-state index contributed by atoms with van der Waals surface area (Å²) in [6.45, 7) is 14.5. The zero-order chi connectivity index (χ0) is 20.1. The van der Waals surface area contributed by atoms with Gasteiger partial charge in [-0.1, -0.05) is 6.92 Å². The molecule has 0 aromatic carbocycles. The van der Waals surface area contributed by atoms with Crippen LogP contribution in [0.2, 0.25) is 0 Å². The van der Waals surface area contributed by atoms with Crippen molar-refractivity contribution in [3.8, 4) is 0 Å². The van der Waals surface area contributed by atoms with Gasteiger partial charge in [-0.2, -0.15) is 10.2 Å². The third-order valence-corrected chi connectivity index (χ3v) is 4.98. The fraction of sp³-hybridized carbons (Fsp3) is 0.650. The Bertz CT molecular complexity index is 785. The van der Waals surface area contributed by atoms with Gasteiger partial charge in [0, 0.05) is 44.6 Å². The lowest BCUT2D eigenvalue weighted by Gasteiger charge is -2.20. The highest BCUT2D eigenvalue weighted by atomic mass is 15.3. The maximum absolute atomic E-state index is 4.55. The second-order valence-electron chi connectivity index (χ2n) is 7.69. The van der Waals surface area contributed by atoms with E-state index in [1.54, 1.807) is 0 Å². The van der Waals surface area contributed by atoms with Gasteiger partial charge in [0.25, 0.3) is 0 Å².